The van der Waals surface area contributed by atoms with Crippen LogP contribution in [0.1, 0.15) is 24.4 Å². The van der Waals surface area contributed by atoms with Gasteiger partial charge in [0, 0.05) is 12.5 Å². The number of carbonyl (C=O) groups is 1. The summed E-state index contributed by atoms with van der Waals surface area (Å²) in [5.41, 5.74) is 2.31. The van der Waals surface area contributed by atoms with Gasteiger partial charge in [-0.1, -0.05) is 30.3 Å². The van der Waals surface area contributed by atoms with Crippen LogP contribution in [0.5, 0.6) is 0 Å². The predicted molar refractivity (Wildman–Crippen MR) is 88.8 cm³/mol. The molecular weight excluding hydrogens is 306 g/mol. The molecule has 1 atom stereocenters. The lowest BCUT2D eigenvalue weighted by Gasteiger charge is -2.15. The van der Waals surface area contributed by atoms with Gasteiger partial charge in [0.05, 0.1) is 6.33 Å². The molecule has 0 bridgehead atoms. The Hall–Kier alpha value is -2.96. The van der Waals surface area contributed by atoms with E-state index < -0.39 is 12.0 Å². The van der Waals surface area contributed by atoms with Crippen LogP contribution in [-0.4, -0.2) is 36.6 Å². The summed E-state index contributed by atoms with van der Waals surface area (Å²) in [6, 6.07) is 9.20. The Morgan fingerprint density at radius 2 is 2.04 bits per heavy atom. The summed E-state index contributed by atoms with van der Waals surface area (Å²) in [6.07, 6.45) is 5.83. The summed E-state index contributed by atoms with van der Waals surface area (Å²) in [7, 11) is 0. The third kappa shape index (κ3) is 2.80. The van der Waals surface area contributed by atoms with Crippen LogP contribution in [0.25, 0.3) is 11.2 Å². The molecule has 4 rings (SSSR count). The van der Waals surface area contributed by atoms with Crippen molar-refractivity contribution in [3.8, 4) is 0 Å². The molecule has 3 aromatic rings. The zero-order chi connectivity index (χ0) is 16.5. The molecule has 1 saturated carbocycles. The van der Waals surface area contributed by atoms with E-state index in [9.17, 15) is 9.90 Å². The first kappa shape index (κ1) is 14.6. The first-order chi connectivity index (χ1) is 11.7. The van der Waals surface area contributed by atoms with E-state index in [0.29, 0.717) is 23.8 Å². The second-order valence-corrected chi connectivity index (χ2v) is 6.00. The summed E-state index contributed by atoms with van der Waals surface area (Å²) in [5, 5.41) is 12.6. The van der Waals surface area contributed by atoms with Crippen molar-refractivity contribution in [1.82, 2.24) is 19.5 Å². The number of nitrogens with one attached hydrogen (secondary N) is 1. The maximum Gasteiger partial charge on any atom is 0.326 e. The number of anilines is 1. The topological polar surface area (TPSA) is 92.9 Å². The van der Waals surface area contributed by atoms with Crippen LogP contribution in [0.2, 0.25) is 0 Å². The van der Waals surface area contributed by atoms with Gasteiger partial charge in [-0.15, -0.1) is 0 Å². The maximum atomic E-state index is 11.6. The molecule has 0 spiro atoms. The van der Waals surface area contributed by atoms with Crippen LogP contribution in [0.4, 0.5) is 5.82 Å². The molecular formula is C17H17N5O2. The number of benzene rings is 1. The van der Waals surface area contributed by atoms with Crippen LogP contribution >= 0.6 is 0 Å². The Bertz CT molecular complexity index is 873. The number of aromatic nitrogens is 4. The van der Waals surface area contributed by atoms with Crippen molar-refractivity contribution in [2.45, 2.75) is 31.3 Å². The molecule has 1 aromatic carbocycles. The average Bonchev–Trinajstić information content (AvgIpc) is 3.34. The molecule has 7 heteroatoms. The third-order valence-electron chi connectivity index (χ3n) is 4.19. The summed E-state index contributed by atoms with van der Waals surface area (Å²) in [5.74, 6) is -0.463. The molecule has 1 fully saturated rings. The number of hydrogen-bond donors (Lipinski definition) is 2. The average molecular weight is 323 g/mol. The number of nitrogens with zero attached hydrogens (tertiary/aromatic N) is 4. The fourth-order valence-electron chi connectivity index (χ4n) is 2.79. The zero-order valence-corrected chi connectivity index (χ0v) is 13.0. The lowest BCUT2D eigenvalue weighted by molar-refractivity contribution is -0.137. The molecule has 2 heterocycles. The number of carboxylic acid groups (broad SMARTS) is 1. The Balaban J connectivity index is 1.62. The lowest BCUT2D eigenvalue weighted by Crippen LogP contribution is -2.32. The first-order valence-corrected chi connectivity index (χ1v) is 7.93. The summed E-state index contributed by atoms with van der Waals surface area (Å²) in [4.78, 5) is 24.5. The van der Waals surface area contributed by atoms with Crippen molar-refractivity contribution in [2.75, 3.05) is 5.32 Å². The number of rotatable bonds is 6. The molecule has 0 amide bonds. The van der Waals surface area contributed by atoms with Crippen molar-refractivity contribution in [3.05, 3.63) is 48.5 Å². The van der Waals surface area contributed by atoms with Crippen molar-refractivity contribution in [1.29, 1.82) is 0 Å². The second-order valence-electron chi connectivity index (χ2n) is 6.00. The number of fused-ring (bicyclic) bond motifs is 1. The van der Waals surface area contributed by atoms with E-state index in [2.05, 4.69) is 20.3 Å². The van der Waals surface area contributed by atoms with E-state index >= 15 is 0 Å². The number of imidazole rings is 1. The largest absolute Gasteiger partial charge is 0.480 e. The fraction of sp³-hybridized carbons (Fsp3) is 0.294. The molecule has 7 nitrogen and oxygen atoms in total. The Morgan fingerprint density at radius 1 is 1.25 bits per heavy atom. The quantitative estimate of drug-likeness (QED) is 0.723. The molecule has 0 aliphatic heterocycles. The molecule has 122 valence electrons. The number of hydrogen-bond acceptors (Lipinski definition) is 5. The Morgan fingerprint density at radius 3 is 2.75 bits per heavy atom. The minimum Gasteiger partial charge on any atom is -0.480 e. The molecule has 0 saturated heterocycles. The van der Waals surface area contributed by atoms with E-state index in [4.69, 9.17) is 0 Å². The van der Waals surface area contributed by atoms with Crippen molar-refractivity contribution in [2.24, 2.45) is 0 Å². The van der Waals surface area contributed by atoms with Gasteiger partial charge in [-0.2, -0.15) is 0 Å². The van der Waals surface area contributed by atoms with Gasteiger partial charge < -0.3 is 15.0 Å². The summed E-state index contributed by atoms with van der Waals surface area (Å²) in [6.45, 7) is 0. The Labute approximate surface area is 138 Å². The van der Waals surface area contributed by atoms with Gasteiger partial charge >= 0.3 is 5.97 Å². The molecule has 1 aliphatic rings. The van der Waals surface area contributed by atoms with Gasteiger partial charge in [-0.25, -0.2) is 19.7 Å². The molecule has 0 radical (unpaired) electrons. The highest BCUT2D eigenvalue weighted by Gasteiger charge is 2.27. The lowest BCUT2D eigenvalue weighted by atomic mass is 10.1. The first-order valence-electron chi connectivity index (χ1n) is 7.93. The highest BCUT2D eigenvalue weighted by molar-refractivity contribution is 5.86. The summed E-state index contributed by atoms with van der Waals surface area (Å²) < 4.78 is 2.04. The van der Waals surface area contributed by atoms with Crippen LogP contribution in [0.15, 0.2) is 43.0 Å². The highest BCUT2D eigenvalue weighted by Crippen LogP contribution is 2.37. The van der Waals surface area contributed by atoms with E-state index in [0.717, 1.165) is 24.1 Å². The van der Waals surface area contributed by atoms with Crippen LogP contribution in [0.3, 0.4) is 0 Å². The van der Waals surface area contributed by atoms with Gasteiger partial charge in [-0.3, -0.25) is 0 Å². The van der Waals surface area contributed by atoms with Gasteiger partial charge in [-0.05, 0) is 18.4 Å². The van der Waals surface area contributed by atoms with Crippen LogP contribution in [0, 0.1) is 0 Å². The molecule has 24 heavy (non-hydrogen) atoms. The second kappa shape index (κ2) is 5.92. The normalized spacial score (nSPS) is 15.3. The minimum absolute atomic E-state index is 0.366. The zero-order valence-electron chi connectivity index (χ0n) is 13.0. The smallest absolute Gasteiger partial charge is 0.326 e. The van der Waals surface area contributed by atoms with Gasteiger partial charge in [0.15, 0.2) is 11.5 Å². The van der Waals surface area contributed by atoms with Crippen molar-refractivity contribution in [3.63, 3.8) is 0 Å². The fourth-order valence-corrected chi connectivity index (χ4v) is 2.79. The van der Waals surface area contributed by atoms with Crippen LogP contribution < -0.4 is 5.32 Å². The van der Waals surface area contributed by atoms with Crippen LogP contribution in [-0.2, 0) is 11.2 Å². The van der Waals surface area contributed by atoms with Gasteiger partial charge in [0.2, 0.25) is 0 Å². The number of aliphatic carboxylic acids is 1. The summed E-state index contributed by atoms with van der Waals surface area (Å²) >= 11 is 0. The molecule has 1 aliphatic carbocycles. The van der Waals surface area contributed by atoms with Gasteiger partial charge in [0.25, 0.3) is 0 Å². The minimum atomic E-state index is -0.924. The SMILES string of the molecule is O=C(O)[C@@H](Cc1ccccc1)Nc1ncnc2c1ncn2C1CC1. The van der Waals surface area contributed by atoms with E-state index in [1.807, 2.05) is 34.9 Å². The molecule has 2 aromatic heterocycles. The van der Waals surface area contributed by atoms with Gasteiger partial charge in [0.1, 0.15) is 17.9 Å². The standard InChI is InChI=1S/C17H17N5O2/c23-17(24)13(8-11-4-2-1-3-5-11)21-15-14-16(19-9-18-15)22(10-20-14)12-6-7-12/h1-5,9-10,12-13H,6-8H2,(H,23,24)(H,18,19,21)/t13-/m1/s1. The molecule has 0 unspecified atom stereocenters. The highest BCUT2D eigenvalue weighted by atomic mass is 16.4. The van der Waals surface area contributed by atoms with E-state index in [1.54, 1.807) is 6.33 Å². The monoisotopic (exact) mass is 323 g/mol. The maximum absolute atomic E-state index is 11.6. The molecule has 2 N–H and O–H groups in total. The number of carboxylic acids is 1. The predicted octanol–water partition coefficient (Wildman–Crippen LogP) is 2.27. The third-order valence-corrected chi connectivity index (χ3v) is 4.19. The van der Waals surface area contributed by atoms with Crippen molar-refractivity contribution < 1.29 is 9.90 Å². The van der Waals surface area contributed by atoms with Crippen molar-refractivity contribution >= 4 is 23.0 Å². The Kier molecular flexibility index (Phi) is 3.60. The van der Waals surface area contributed by atoms with E-state index in [1.165, 1.54) is 6.33 Å². The van der Waals surface area contributed by atoms with E-state index in [-0.39, 0.29) is 0 Å².